The summed E-state index contributed by atoms with van der Waals surface area (Å²) in [5.74, 6) is 0.764. The molecule has 2 aromatic rings. The number of benzene rings is 2. The Labute approximate surface area is 129 Å². The van der Waals surface area contributed by atoms with Gasteiger partial charge < -0.3 is 15.4 Å². The number of carbonyl (C=O) groups excluding carboxylic acids is 1. The monoisotopic (exact) mass is 304 g/mol. The van der Waals surface area contributed by atoms with Gasteiger partial charge in [0.2, 0.25) is 0 Å². The average Bonchev–Trinajstić information content (AvgIpc) is 2.49. The van der Waals surface area contributed by atoms with Crippen molar-refractivity contribution in [2.75, 3.05) is 12.4 Å². The maximum Gasteiger partial charge on any atom is 0.319 e. The van der Waals surface area contributed by atoms with Crippen LogP contribution in [0.1, 0.15) is 11.1 Å². The van der Waals surface area contributed by atoms with Crippen LogP contribution in [0, 0.1) is 6.92 Å². The van der Waals surface area contributed by atoms with E-state index in [1.165, 1.54) is 0 Å². The molecule has 0 unspecified atom stereocenters. The van der Waals surface area contributed by atoms with Gasteiger partial charge in [-0.05, 0) is 42.3 Å². The van der Waals surface area contributed by atoms with Crippen LogP contribution in [0.4, 0.5) is 10.5 Å². The number of nitrogens with one attached hydrogen (secondary N) is 2. The molecule has 5 heteroatoms. The molecule has 0 spiro atoms. The second-order valence-corrected chi connectivity index (χ2v) is 5.03. The largest absolute Gasteiger partial charge is 0.497 e. The predicted octanol–water partition coefficient (Wildman–Crippen LogP) is 3.98. The van der Waals surface area contributed by atoms with Crippen LogP contribution in [0.15, 0.2) is 42.5 Å². The van der Waals surface area contributed by atoms with Gasteiger partial charge in [0.05, 0.1) is 7.11 Å². The van der Waals surface area contributed by atoms with E-state index in [4.69, 9.17) is 16.3 Å². The van der Waals surface area contributed by atoms with Crippen LogP contribution in [0.3, 0.4) is 0 Å². The van der Waals surface area contributed by atoms with Crippen LogP contribution < -0.4 is 15.4 Å². The molecular formula is C16H17ClN2O2. The molecule has 0 aliphatic heterocycles. The van der Waals surface area contributed by atoms with Gasteiger partial charge in [-0.2, -0.15) is 0 Å². The van der Waals surface area contributed by atoms with E-state index in [1.54, 1.807) is 13.2 Å². The van der Waals surface area contributed by atoms with Crippen molar-refractivity contribution in [1.29, 1.82) is 0 Å². The van der Waals surface area contributed by atoms with Crippen molar-refractivity contribution in [2.24, 2.45) is 0 Å². The summed E-state index contributed by atoms with van der Waals surface area (Å²) in [5.41, 5.74) is 2.60. The molecule has 0 fully saturated rings. The summed E-state index contributed by atoms with van der Waals surface area (Å²) in [4.78, 5) is 11.8. The molecule has 0 aliphatic rings. The molecular weight excluding hydrogens is 288 g/mol. The third-order valence-electron chi connectivity index (χ3n) is 3.02. The van der Waals surface area contributed by atoms with Crippen LogP contribution in [0.25, 0.3) is 0 Å². The first kappa shape index (κ1) is 15.2. The summed E-state index contributed by atoms with van der Waals surface area (Å²) in [6, 6.07) is 12.7. The quantitative estimate of drug-likeness (QED) is 0.897. The molecule has 21 heavy (non-hydrogen) atoms. The van der Waals surface area contributed by atoms with Crippen LogP contribution in [0.5, 0.6) is 5.75 Å². The van der Waals surface area contributed by atoms with Gasteiger partial charge in [-0.15, -0.1) is 0 Å². The van der Waals surface area contributed by atoms with Crippen LogP contribution in [0.2, 0.25) is 5.02 Å². The standard InChI is InChI=1S/C16H17ClN2O2/c1-11-6-7-13(9-15(11)17)19-16(20)18-10-12-4-3-5-14(8-12)21-2/h3-9H,10H2,1-2H3,(H2,18,19,20). The van der Waals surface area contributed by atoms with E-state index in [0.717, 1.165) is 16.9 Å². The molecule has 0 heterocycles. The van der Waals surface area contributed by atoms with E-state index in [-0.39, 0.29) is 6.03 Å². The second kappa shape index (κ2) is 6.99. The van der Waals surface area contributed by atoms with Crippen LogP contribution in [-0.2, 0) is 6.54 Å². The number of urea groups is 1. The highest BCUT2D eigenvalue weighted by molar-refractivity contribution is 6.31. The number of hydrogen-bond acceptors (Lipinski definition) is 2. The zero-order valence-electron chi connectivity index (χ0n) is 11.9. The lowest BCUT2D eigenvalue weighted by atomic mass is 10.2. The minimum atomic E-state index is -0.280. The molecule has 0 radical (unpaired) electrons. The zero-order chi connectivity index (χ0) is 15.2. The fraction of sp³-hybridized carbons (Fsp3) is 0.188. The Bertz CT molecular complexity index is 644. The molecule has 4 nitrogen and oxygen atoms in total. The zero-order valence-corrected chi connectivity index (χ0v) is 12.7. The highest BCUT2D eigenvalue weighted by Gasteiger charge is 2.04. The van der Waals surface area contributed by atoms with Crippen molar-refractivity contribution in [3.63, 3.8) is 0 Å². The number of methoxy groups -OCH3 is 1. The number of carbonyl (C=O) groups is 1. The van der Waals surface area contributed by atoms with E-state index in [0.29, 0.717) is 17.3 Å². The number of ether oxygens (including phenoxy) is 1. The molecule has 0 atom stereocenters. The molecule has 0 aromatic heterocycles. The Kier molecular flexibility index (Phi) is 5.06. The van der Waals surface area contributed by atoms with Crippen molar-refractivity contribution < 1.29 is 9.53 Å². The molecule has 0 bridgehead atoms. The van der Waals surface area contributed by atoms with Gasteiger partial charge in [0.1, 0.15) is 5.75 Å². The maximum atomic E-state index is 11.8. The third kappa shape index (κ3) is 4.39. The Hall–Kier alpha value is -2.20. The molecule has 2 N–H and O–H groups in total. The van der Waals surface area contributed by atoms with Gasteiger partial charge in [-0.3, -0.25) is 0 Å². The Morgan fingerprint density at radius 1 is 1.24 bits per heavy atom. The molecule has 0 saturated carbocycles. The summed E-state index contributed by atoms with van der Waals surface area (Å²) < 4.78 is 5.14. The Morgan fingerprint density at radius 2 is 2.05 bits per heavy atom. The maximum absolute atomic E-state index is 11.8. The van der Waals surface area contributed by atoms with Gasteiger partial charge in [0.25, 0.3) is 0 Å². The molecule has 110 valence electrons. The fourth-order valence-corrected chi connectivity index (χ4v) is 1.99. The first-order valence-electron chi connectivity index (χ1n) is 6.52. The van der Waals surface area contributed by atoms with Crippen molar-refractivity contribution in [2.45, 2.75) is 13.5 Å². The summed E-state index contributed by atoms with van der Waals surface area (Å²) >= 11 is 6.02. The Morgan fingerprint density at radius 3 is 2.76 bits per heavy atom. The lowest BCUT2D eigenvalue weighted by Crippen LogP contribution is -2.28. The first-order chi connectivity index (χ1) is 10.1. The lowest BCUT2D eigenvalue weighted by molar-refractivity contribution is 0.251. The topological polar surface area (TPSA) is 50.4 Å². The third-order valence-corrected chi connectivity index (χ3v) is 3.42. The van der Waals surface area contributed by atoms with Gasteiger partial charge in [-0.25, -0.2) is 4.79 Å². The number of amides is 2. The number of anilines is 1. The van der Waals surface area contributed by atoms with E-state index < -0.39 is 0 Å². The number of hydrogen-bond donors (Lipinski definition) is 2. The summed E-state index contributed by atoms with van der Waals surface area (Å²) in [5, 5.41) is 6.15. The Balaban J connectivity index is 1.91. The second-order valence-electron chi connectivity index (χ2n) is 4.62. The minimum absolute atomic E-state index is 0.280. The molecule has 2 amide bonds. The van der Waals surface area contributed by atoms with Gasteiger partial charge >= 0.3 is 6.03 Å². The number of aryl methyl sites for hydroxylation is 1. The van der Waals surface area contributed by atoms with Crippen LogP contribution in [-0.4, -0.2) is 13.1 Å². The van der Waals surface area contributed by atoms with Gasteiger partial charge in [0.15, 0.2) is 0 Å². The van der Waals surface area contributed by atoms with E-state index in [1.807, 2.05) is 43.3 Å². The summed E-state index contributed by atoms with van der Waals surface area (Å²) in [6.45, 7) is 2.33. The first-order valence-corrected chi connectivity index (χ1v) is 6.90. The van der Waals surface area contributed by atoms with Gasteiger partial charge in [0, 0.05) is 17.3 Å². The van der Waals surface area contributed by atoms with Crippen molar-refractivity contribution in [3.05, 3.63) is 58.6 Å². The SMILES string of the molecule is COc1cccc(CNC(=O)Nc2ccc(C)c(Cl)c2)c1. The lowest BCUT2D eigenvalue weighted by Gasteiger charge is -2.09. The molecule has 2 aromatic carbocycles. The normalized spacial score (nSPS) is 10.0. The van der Waals surface area contributed by atoms with E-state index in [9.17, 15) is 4.79 Å². The van der Waals surface area contributed by atoms with Gasteiger partial charge in [-0.1, -0.05) is 29.8 Å². The summed E-state index contributed by atoms with van der Waals surface area (Å²) in [6.07, 6.45) is 0. The van der Waals surface area contributed by atoms with Crippen molar-refractivity contribution in [3.8, 4) is 5.75 Å². The molecule has 0 aliphatic carbocycles. The molecule has 2 rings (SSSR count). The van der Waals surface area contributed by atoms with E-state index >= 15 is 0 Å². The number of rotatable bonds is 4. The van der Waals surface area contributed by atoms with Crippen LogP contribution >= 0.6 is 11.6 Å². The van der Waals surface area contributed by atoms with E-state index in [2.05, 4.69) is 10.6 Å². The predicted molar refractivity (Wildman–Crippen MR) is 85.0 cm³/mol. The smallest absolute Gasteiger partial charge is 0.319 e. The highest BCUT2D eigenvalue weighted by Crippen LogP contribution is 2.19. The summed E-state index contributed by atoms with van der Waals surface area (Å²) in [7, 11) is 1.61. The highest BCUT2D eigenvalue weighted by atomic mass is 35.5. The fourth-order valence-electron chi connectivity index (χ4n) is 1.81. The van der Waals surface area contributed by atoms with Crippen molar-refractivity contribution in [1.82, 2.24) is 5.32 Å². The number of halogens is 1. The average molecular weight is 305 g/mol. The molecule has 0 saturated heterocycles. The minimum Gasteiger partial charge on any atom is -0.497 e. The van der Waals surface area contributed by atoms with Crippen molar-refractivity contribution >= 4 is 23.3 Å².